The quantitative estimate of drug-likeness (QED) is 0.793. The second-order valence-electron chi connectivity index (χ2n) is 5.84. The average Bonchev–Trinajstić information content (AvgIpc) is 3.09. The second kappa shape index (κ2) is 6.92. The molecule has 0 spiro atoms. The molecule has 20 heavy (non-hydrogen) atoms. The van der Waals surface area contributed by atoms with Gasteiger partial charge in [-0.15, -0.1) is 0 Å². The molecule has 0 aromatic heterocycles. The highest BCUT2D eigenvalue weighted by Gasteiger charge is 2.33. The van der Waals surface area contributed by atoms with Crippen molar-refractivity contribution in [2.45, 2.75) is 50.6 Å². The maximum atomic E-state index is 12.0. The van der Waals surface area contributed by atoms with E-state index in [1.165, 1.54) is 30.6 Å². The standard InChI is InChI=1S/C14H25N3O3/c1-16(11-5-2-3-6-11)10-8-15-14(20)17-9-4-7-12(17)13(18)19/h11-12H,2-10H2,1H3,(H,15,20)(H,18,19)/t12-/m1/s1. The van der Waals surface area contributed by atoms with Crippen LogP contribution in [0.15, 0.2) is 0 Å². The number of hydrogen-bond acceptors (Lipinski definition) is 3. The first kappa shape index (κ1) is 15.1. The monoisotopic (exact) mass is 283 g/mol. The number of nitrogens with one attached hydrogen (secondary N) is 1. The molecule has 0 unspecified atom stereocenters. The van der Waals surface area contributed by atoms with Crippen molar-refractivity contribution in [1.82, 2.24) is 15.1 Å². The fourth-order valence-corrected chi connectivity index (χ4v) is 3.23. The Morgan fingerprint density at radius 1 is 1.25 bits per heavy atom. The minimum Gasteiger partial charge on any atom is -0.480 e. The molecule has 2 amide bonds. The summed E-state index contributed by atoms with van der Waals surface area (Å²) in [4.78, 5) is 26.8. The lowest BCUT2D eigenvalue weighted by molar-refractivity contribution is -0.141. The highest BCUT2D eigenvalue weighted by atomic mass is 16.4. The molecule has 1 saturated carbocycles. The lowest BCUT2D eigenvalue weighted by Crippen LogP contribution is -2.47. The Hall–Kier alpha value is -1.30. The van der Waals surface area contributed by atoms with Crippen molar-refractivity contribution in [2.75, 3.05) is 26.7 Å². The molecule has 1 heterocycles. The third-order valence-corrected chi connectivity index (χ3v) is 4.49. The number of aliphatic carboxylic acids is 1. The van der Waals surface area contributed by atoms with Gasteiger partial charge in [-0.05, 0) is 32.7 Å². The number of rotatable bonds is 5. The van der Waals surface area contributed by atoms with Gasteiger partial charge in [-0.25, -0.2) is 9.59 Å². The van der Waals surface area contributed by atoms with Crippen molar-refractivity contribution in [3.8, 4) is 0 Å². The molecule has 1 aliphatic heterocycles. The molecule has 2 rings (SSSR count). The van der Waals surface area contributed by atoms with E-state index >= 15 is 0 Å². The summed E-state index contributed by atoms with van der Waals surface area (Å²) in [5.41, 5.74) is 0. The lowest BCUT2D eigenvalue weighted by Gasteiger charge is -2.25. The maximum absolute atomic E-state index is 12.0. The molecule has 1 saturated heterocycles. The van der Waals surface area contributed by atoms with Crippen LogP contribution in [0.2, 0.25) is 0 Å². The number of likely N-dealkylation sites (tertiary alicyclic amines) is 1. The molecular formula is C14H25N3O3. The van der Waals surface area contributed by atoms with Crippen molar-refractivity contribution in [3.05, 3.63) is 0 Å². The van der Waals surface area contributed by atoms with Gasteiger partial charge in [0.2, 0.25) is 0 Å². The molecule has 6 nitrogen and oxygen atoms in total. The van der Waals surface area contributed by atoms with Crippen LogP contribution in [0, 0.1) is 0 Å². The topological polar surface area (TPSA) is 72.9 Å². The van der Waals surface area contributed by atoms with E-state index in [0.29, 0.717) is 25.6 Å². The van der Waals surface area contributed by atoms with E-state index in [4.69, 9.17) is 5.11 Å². The highest BCUT2D eigenvalue weighted by molar-refractivity contribution is 5.83. The van der Waals surface area contributed by atoms with Crippen LogP contribution in [0.5, 0.6) is 0 Å². The van der Waals surface area contributed by atoms with Crippen LogP contribution in [-0.2, 0) is 4.79 Å². The normalized spacial score (nSPS) is 23.5. The number of hydrogen-bond donors (Lipinski definition) is 2. The Bertz CT molecular complexity index is 356. The fraction of sp³-hybridized carbons (Fsp3) is 0.857. The van der Waals surface area contributed by atoms with Gasteiger partial charge in [0.25, 0.3) is 0 Å². The van der Waals surface area contributed by atoms with Crippen molar-refractivity contribution in [3.63, 3.8) is 0 Å². The number of carboxylic acid groups (broad SMARTS) is 1. The zero-order chi connectivity index (χ0) is 14.5. The molecule has 6 heteroatoms. The van der Waals surface area contributed by atoms with Crippen LogP contribution < -0.4 is 5.32 Å². The molecule has 0 radical (unpaired) electrons. The number of likely N-dealkylation sites (N-methyl/N-ethyl adjacent to an activating group) is 1. The first-order valence-corrected chi connectivity index (χ1v) is 7.57. The van der Waals surface area contributed by atoms with E-state index in [1.54, 1.807) is 0 Å². The summed E-state index contributed by atoms with van der Waals surface area (Å²) in [6, 6.07) is -0.247. The predicted molar refractivity (Wildman–Crippen MR) is 75.6 cm³/mol. The Morgan fingerprint density at radius 2 is 1.95 bits per heavy atom. The first-order chi connectivity index (χ1) is 9.59. The summed E-state index contributed by atoms with van der Waals surface area (Å²) >= 11 is 0. The van der Waals surface area contributed by atoms with Crippen LogP contribution in [0.25, 0.3) is 0 Å². The molecule has 0 aromatic rings. The summed E-state index contributed by atoms with van der Waals surface area (Å²) in [6.45, 7) is 1.94. The van der Waals surface area contributed by atoms with E-state index in [1.807, 2.05) is 0 Å². The number of carbonyl (C=O) groups excluding carboxylic acids is 1. The Kier molecular flexibility index (Phi) is 5.23. The largest absolute Gasteiger partial charge is 0.480 e. The molecule has 1 atom stereocenters. The zero-order valence-corrected chi connectivity index (χ0v) is 12.2. The number of carboxylic acids is 1. The smallest absolute Gasteiger partial charge is 0.326 e. The Morgan fingerprint density at radius 3 is 2.60 bits per heavy atom. The SMILES string of the molecule is CN(CCNC(=O)N1CCC[C@@H]1C(=O)O)C1CCCC1. The Balaban J connectivity index is 1.70. The third kappa shape index (κ3) is 3.62. The number of amides is 2. The van der Waals surface area contributed by atoms with Gasteiger partial charge in [-0.3, -0.25) is 0 Å². The number of nitrogens with zero attached hydrogens (tertiary/aromatic N) is 2. The van der Waals surface area contributed by atoms with Gasteiger partial charge in [0, 0.05) is 25.7 Å². The van der Waals surface area contributed by atoms with Crippen molar-refractivity contribution < 1.29 is 14.7 Å². The van der Waals surface area contributed by atoms with Gasteiger partial charge in [0.1, 0.15) is 6.04 Å². The van der Waals surface area contributed by atoms with Gasteiger partial charge in [-0.1, -0.05) is 12.8 Å². The number of carbonyl (C=O) groups is 2. The van der Waals surface area contributed by atoms with Crippen LogP contribution in [0.4, 0.5) is 4.79 Å². The molecule has 1 aliphatic carbocycles. The predicted octanol–water partition coefficient (Wildman–Crippen LogP) is 1.12. The van der Waals surface area contributed by atoms with Gasteiger partial charge in [0.05, 0.1) is 0 Å². The van der Waals surface area contributed by atoms with Gasteiger partial charge >= 0.3 is 12.0 Å². The summed E-state index contributed by atoms with van der Waals surface area (Å²) < 4.78 is 0. The molecule has 2 aliphatic rings. The molecular weight excluding hydrogens is 258 g/mol. The zero-order valence-electron chi connectivity index (χ0n) is 12.2. The lowest BCUT2D eigenvalue weighted by atomic mass is 10.2. The second-order valence-corrected chi connectivity index (χ2v) is 5.84. The minimum atomic E-state index is -0.902. The van der Waals surface area contributed by atoms with Crippen LogP contribution in [0.1, 0.15) is 38.5 Å². The third-order valence-electron chi connectivity index (χ3n) is 4.49. The fourth-order valence-electron chi connectivity index (χ4n) is 3.23. The van der Waals surface area contributed by atoms with E-state index in [0.717, 1.165) is 13.0 Å². The highest BCUT2D eigenvalue weighted by Crippen LogP contribution is 2.22. The van der Waals surface area contributed by atoms with Crippen LogP contribution >= 0.6 is 0 Å². The van der Waals surface area contributed by atoms with Crippen LogP contribution in [-0.4, -0.2) is 65.7 Å². The first-order valence-electron chi connectivity index (χ1n) is 7.57. The minimum absolute atomic E-state index is 0.241. The van der Waals surface area contributed by atoms with Crippen molar-refractivity contribution >= 4 is 12.0 Å². The van der Waals surface area contributed by atoms with Crippen molar-refractivity contribution in [2.24, 2.45) is 0 Å². The van der Waals surface area contributed by atoms with Gasteiger partial charge < -0.3 is 20.2 Å². The average molecular weight is 283 g/mol. The molecule has 114 valence electrons. The Labute approximate surface area is 120 Å². The molecule has 2 fully saturated rings. The van der Waals surface area contributed by atoms with Gasteiger partial charge in [-0.2, -0.15) is 0 Å². The number of urea groups is 1. The molecule has 0 bridgehead atoms. The van der Waals surface area contributed by atoms with Crippen LogP contribution in [0.3, 0.4) is 0 Å². The van der Waals surface area contributed by atoms with E-state index in [9.17, 15) is 9.59 Å². The van der Waals surface area contributed by atoms with Crippen molar-refractivity contribution in [1.29, 1.82) is 0 Å². The van der Waals surface area contributed by atoms with E-state index in [2.05, 4.69) is 17.3 Å². The summed E-state index contributed by atoms with van der Waals surface area (Å²) in [5, 5.41) is 11.9. The molecule has 2 N–H and O–H groups in total. The van der Waals surface area contributed by atoms with E-state index in [-0.39, 0.29) is 6.03 Å². The summed E-state index contributed by atoms with van der Waals surface area (Å²) in [6.07, 6.45) is 6.43. The summed E-state index contributed by atoms with van der Waals surface area (Å²) in [5.74, 6) is -0.902. The maximum Gasteiger partial charge on any atom is 0.326 e. The summed E-state index contributed by atoms with van der Waals surface area (Å²) in [7, 11) is 2.10. The van der Waals surface area contributed by atoms with E-state index < -0.39 is 12.0 Å². The molecule has 0 aromatic carbocycles. The van der Waals surface area contributed by atoms with Gasteiger partial charge in [0.15, 0.2) is 0 Å².